The highest BCUT2D eigenvalue weighted by Gasteiger charge is 2.17. The number of nitrogens with zero attached hydrogens (tertiary/aromatic N) is 1. The van der Waals surface area contributed by atoms with Crippen LogP contribution in [-0.2, 0) is 6.54 Å². The summed E-state index contributed by atoms with van der Waals surface area (Å²) in [6.07, 6.45) is 0. The standard InChI is InChI=1S/C30H22ClFN2O2/c1-36-24-15-9-21(10-16-24)28-17-27(30(35)33-18-19-5-11-22(31)12-6-19)26-4-2-3-25(29(26)34-28)20-7-13-23(32)14-8-20/h2-17H,18H2,1H3,(H,33,35). The van der Waals surface area contributed by atoms with Crippen molar-refractivity contribution in [2.75, 3.05) is 7.11 Å². The average Bonchev–Trinajstić information content (AvgIpc) is 2.92. The largest absolute Gasteiger partial charge is 0.497 e. The van der Waals surface area contributed by atoms with Gasteiger partial charge in [-0.1, -0.05) is 54.1 Å². The van der Waals surface area contributed by atoms with Crippen molar-refractivity contribution in [2.45, 2.75) is 6.54 Å². The van der Waals surface area contributed by atoms with E-state index in [1.54, 1.807) is 37.4 Å². The number of benzene rings is 4. The SMILES string of the molecule is COc1ccc(-c2cc(C(=O)NCc3ccc(Cl)cc3)c3cccc(-c4ccc(F)cc4)c3n2)cc1. The monoisotopic (exact) mass is 496 g/mol. The van der Waals surface area contributed by atoms with E-state index in [4.69, 9.17) is 21.3 Å². The molecule has 4 nitrogen and oxygen atoms in total. The minimum absolute atomic E-state index is 0.219. The second-order valence-electron chi connectivity index (χ2n) is 8.30. The summed E-state index contributed by atoms with van der Waals surface area (Å²) >= 11 is 5.98. The van der Waals surface area contributed by atoms with Crippen molar-refractivity contribution < 1.29 is 13.9 Å². The van der Waals surface area contributed by atoms with Gasteiger partial charge in [-0.2, -0.15) is 0 Å². The van der Waals surface area contributed by atoms with Gasteiger partial charge in [0.05, 0.1) is 23.9 Å². The highest BCUT2D eigenvalue weighted by molar-refractivity contribution is 6.30. The summed E-state index contributed by atoms with van der Waals surface area (Å²) in [7, 11) is 1.61. The van der Waals surface area contributed by atoms with Crippen molar-refractivity contribution in [3.63, 3.8) is 0 Å². The van der Waals surface area contributed by atoms with Crippen LogP contribution < -0.4 is 10.1 Å². The van der Waals surface area contributed by atoms with Crippen LogP contribution in [0.5, 0.6) is 5.75 Å². The first-order valence-electron chi connectivity index (χ1n) is 11.4. The summed E-state index contributed by atoms with van der Waals surface area (Å²) in [6.45, 7) is 0.356. The maximum atomic E-state index is 13.6. The van der Waals surface area contributed by atoms with E-state index in [0.29, 0.717) is 33.7 Å². The van der Waals surface area contributed by atoms with Gasteiger partial charge in [-0.3, -0.25) is 4.79 Å². The van der Waals surface area contributed by atoms with Crippen LogP contribution in [0, 0.1) is 5.82 Å². The number of halogens is 2. The van der Waals surface area contributed by atoms with Crippen molar-refractivity contribution in [3.05, 3.63) is 119 Å². The Kier molecular flexibility index (Phi) is 6.65. The lowest BCUT2D eigenvalue weighted by molar-refractivity contribution is 0.0952. The van der Waals surface area contributed by atoms with Gasteiger partial charge in [-0.15, -0.1) is 0 Å². The van der Waals surface area contributed by atoms with Crippen LogP contribution in [0.15, 0.2) is 97.1 Å². The van der Waals surface area contributed by atoms with E-state index in [0.717, 1.165) is 28.0 Å². The fourth-order valence-electron chi connectivity index (χ4n) is 4.09. The third-order valence-electron chi connectivity index (χ3n) is 5.99. The van der Waals surface area contributed by atoms with E-state index in [9.17, 15) is 9.18 Å². The molecular weight excluding hydrogens is 475 g/mol. The molecule has 0 fully saturated rings. The van der Waals surface area contributed by atoms with Crippen molar-refractivity contribution in [1.29, 1.82) is 0 Å². The van der Waals surface area contributed by atoms with Crippen LogP contribution in [0.4, 0.5) is 4.39 Å². The smallest absolute Gasteiger partial charge is 0.252 e. The number of amides is 1. The van der Waals surface area contributed by atoms with Crippen LogP contribution in [0.25, 0.3) is 33.3 Å². The Morgan fingerprint density at radius 1 is 0.917 bits per heavy atom. The number of aromatic nitrogens is 1. The van der Waals surface area contributed by atoms with Gasteiger partial charge in [-0.05, 0) is 65.7 Å². The second kappa shape index (κ2) is 10.2. The van der Waals surface area contributed by atoms with Crippen LogP contribution in [0.1, 0.15) is 15.9 Å². The van der Waals surface area contributed by atoms with Crippen LogP contribution in [0.3, 0.4) is 0 Å². The van der Waals surface area contributed by atoms with Gasteiger partial charge in [-0.25, -0.2) is 9.37 Å². The quantitative estimate of drug-likeness (QED) is 0.268. The molecule has 0 saturated carbocycles. The molecule has 178 valence electrons. The van der Waals surface area contributed by atoms with Crippen molar-refractivity contribution in [3.8, 4) is 28.1 Å². The molecule has 6 heteroatoms. The number of fused-ring (bicyclic) bond motifs is 1. The summed E-state index contributed by atoms with van der Waals surface area (Å²) < 4.78 is 18.9. The molecule has 5 rings (SSSR count). The Labute approximate surface area is 213 Å². The molecule has 0 unspecified atom stereocenters. The molecule has 0 saturated heterocycles. The Hall–Kier alpha value is -4.22. The molecule has 1 heterocycles. The highest BCUT2D eigenvalue weighted by atomic mass is 35.5. The van der Waals surface area contributed by atoms with Crippen molar-refractivity contribution in [1.82, 2.24) is 10.3 Å². The number of pyridine rings is 1. The molecule has 1 N–H and O–H groups in total. The fourth-order valence-corrected chi connectivity index (χ4v) is 4.21. The molecule has 0 radical (unpaired) electrons. The number of hydrogen-bond acceptors (Lipinski definition) is 3. The summed E-state index contributed by atoms with van der Waals surface area (Å²) in [5.41, 5.74) is 5.23. The maximum Gasteiger partial charge on any atom is 0.252 e. The lowest BCUT2D eigenvalue weighted by Gasteiger charge is -2.14. The zero-order valence-corrected chi connectivity index (χ0v) is 20.2. The minimum Gasteiger partial charge on any atom is -0.497 e. The molecule has 1 aromatic heterocycles. The number of para-hydroxylation sites is 1. The van der Waals surface area contributed by atoms with Gasteiger partial charge < -0.3 is 10.1 Å². The number of methoxy groups -OCH3 is 1. The van der Waals surface area contributed by atoms with E-state index in [-0.39, 0.29) is 11.7 Å². The van der Waals surface area contributed by atoms with Gasteiger partial charge in [0.2, 0.25) is 0 Å². The van der Waals surface area contributed by atoms with E-state index >= 15 is 0 Å². The van der Waals surface area contributed by atoms with Gasteiger partial charge in [0.25, 0.3) is 5.91 Å². The first kappa shape index (κ1) is 23.5. The third kappa shape index (κ3) is 4.92. The fraction of sp³-hybridized carbons (Fsp3) is 0.0667. The van der Waals surface area contributed by atoms with Crippen LogP contribution in [0.2, 0.25) is 5.02 Å². The molecule has 0 bridgehead atoms. The Morgan fingerprint density at radius 2 is 1.61 bits per heavy atom. The minimum atomic E-state index is -0.312. The Bertz CT molecular complexity index is 1530. The summed E-state index contributed by atoms with van der Waals surface area (Å²) in [6, 6.07) is 28.6. The maximum absolute atomic E-state index is 13.6. The van der Waals surface area contributed by atoms with Gasteiger partial charge in [0, 0.05) is 28.1 Å². The van der Waals surface area contributed by atoms with Crippen LogP contribution >= 0.6 is 11.6 Å². The number of carbonyl (C=O) groups is 1. The summed E-state index contributed by atoms with van der Waals surface area (Å²) in [5.74, 6) is 0.198. The predicted octanol–water partition coefficient (Wildman–Crippen LogP) is 7.30. The summed E-state index contributed by atoms with van der Waals surface area (Å²) in [4.78, 5) is 18.4. The van der Waals surface area contributed by atoms with E-state index in [1.165, 1.54) is 12.1 Å². The lowest BCUT2D eigenvalue weighted by Crippen LogP contribution is -2.23. The first-order chi connectivity index (χ1) is 17.5. The van der Waals surface area contributed by atoms with E-state index in [1.807, 2.05) is 54.6 Å². The van der Waals surface area contributed by atoms with Gasteiger partial charge >= 0.3 is 0 Å². The number of rotatable bonds is 6. The van der Waals surface area contributed by atoms with Gasteiger partial charge in [0.1, 0.15) is 11.6 Å². The molecular formula is C30H22ClFN2O2. The molecule has 0 aliphatic carbocycles. The molecule has 5 aromatic rings. The second-order valence-corrected chi connectivity index (χ2v) is 8.74. The molecule has 0 aliphatic rings. The summed E-state index contributed by atoms with van der Waals surface area (Å²) in [5, 5.41) is 4.36. The van der Waals surface area contributed by atoms with Crippen molar-refractivity contribution >= 4 is 28.4 Å². The van der Waals surface area contributed by atoms with Crippen molar-refractivity contribution in [2.24, 2.45) is 0 Å². The number of nitrogens with one attached hydrogen (secondary N) is 1. The molecule has 1 amide bonds. The lowest BCUT2D eigenvalue weighted by atomic mass is 9.97. The molecule has 0 atom stereocenters. The molecule has 4 aromatic carbocycles. The molecule has 0 spiro atoms. The first-order valence-corrected chi connectivity index (χ1v) is 11.8. The van der Waals surface area contributed by atoms with E-state index in [2.05, 4.69) is 5.32 Å². The zero-order chi connectivity index (χ0) is 25.1. The predicted molar refractivity (Wildman–Crippen MR) is 142 cm³/mol. The molecule has 36 heavy (non-hydrogen) atoms. The average molecular weight is 497 g/mol. The normalized spacial score (nSPS) is 10.9. The Morgan fingerprint density at radius 3 is 2.31 bits per heavy atom. The number of hydrogen-bond donors (Lipinski definition) is 1. The zero-order valence-electron chi connectivity index (χ0n) is 19.5. The van der Waals surface area contributed by atoms with Gasteiger partial charge in [0.15, 0.2) is 0 Å². The van der Waals surface area contributed by atoms with Crippen LogP contribution in [-0.4, -0.2) is 18.0 Å². The topological polar surface area (TPSA) is 51.2 Å². The van der Waals surface area contributed by atoms with E-state index < -0.39 is 0 Å². The highest BCUT2D eigenvalue weighted by Crippen LogP contribution is 2.33. The number of ether oxygens (including phenoxy) is 1. The molecule has 0 aliphatic heterocycles. The Balaban J connectivity index is 1.62. The number of carbonyl (C=O) groups excluding carboxylic acids is 1. The third-order valence-corrected chi connectivity index (χ3v) is 6.24.